The van der Waals surface area contributed by atoms with Gasteiger partial charge in [-0.15, -0.1) is 0 Å². The fraction of sp³-hybridized carbons (Fsp3) is 0.647. The van der Waals surface area contributed by atoms with Crippen molar-refractivity contribution in [1.29, 1.82) is 0 Å². The molecule has 3 atom stereocenters. The van der Waals surface area contributed by atoms with E-state index in [2.05, 4.69) is 51.3 Å². The first kappa shape index (κ1) is 16.4. The van der Waals surface area contributed by atoms with Crippen molar-refractivity contribution in [3.8, 4) is 0 Å². The zero-order valence-corrected chi connectivity index (χ0v) is 14.8. The summed E-state index contributed by atoms with van der Waals surface area (Å²) in [7, 11) is 2.78. The molecule has 116 valence electrons. The number of anilines is 1. The molecule has 2 rings (SSSR count). The van der Waals surface area contributed by atoms with Crippen molar-refractivity contribution in [2.75, 3.05) is 18.4 Å². The van der Waals surface area contributed by atoms with Crippen molar-refractivity contribution in [2.24, 2.45) is 11.8 Å². The van der Waals surface area contributed by atoms with E-state index in [-0.39, 0.29) is 0 Å². The minimum absolute atomic E-state index is 0.290. The van der Waals surface area contributed by atoms with Crippen molar-refractivity contribution in [2.45, 2.75) is 46.0 Å². The molecular formula is C17H27N2OP. The molecule has 21 heavy (non-hydrogen) atoms. The van der Waals surface area contributed by atoms with Crippen LogP contribution in [0, 0.1) is 18.8 Å². The molecule has 1 fully saturated rings. The maximum absolute atomic E-state index is 11.9. The Balaban J connectivity index is 2.37. The van der Waals surface area contributed by atoms with E-state index >= 15 is 0 Å². The third-order valence-electron chi connectivity index (χ3n) is 4.61. The molecule has 1 aromatic rings. The van der Waals surface area contributed by atoms with Gasteiger partial charge in [0, 0.05) is 31.5 Å². The number of pyridine rings is 1. The number of rotatable bonds is 4. The van der Waals surface area contributed by atoms with Crippen LogP contribution in [-0.4, -0.2) is 24.5 Å². The van der Waals surface area contributed by atoms with Crippen molar-refractivity contribution in [3.05, 3.63) is 23.4 Å². The summed E-state index contributed by atoms with van der Waals surface area (Å²) in [5.41, 5.74) is 2.35. The lowest BCUT2D eigenvalue weighted by Crippen LogP contribution is -2.28. The van der Waals surface area contributed by atoms with E-state index < -0.39 is 0 Å². The Bertz CT molecular complexity index is 516. The topological polar surface area (TPSA) is 33.2 Å². The van der Waals surface area contributed by atoms with E-state index in [1.807, 2.05) is 0 Å². The summed E-state index contributed by atoms with van der Waals surface area (Å²) in [6, 6.07) is 4.31. The van der Waals surface area contributed by atoms with Crippen LogP contribution in [0.1, 0.15) is 50.3 Å². The van der Waals surface area contributed by atoms with Gasteiger partial charge in [-0.25, -0.2) is 4.98 Å². The zero-order chi connectivity index (χ0) is 15.6. The second-order valence-corrected chi connectivity index (χ2v) is 7.62. The lowest BCUT2D eigenvalue weighted by Gasteiger charge is -2.34. The molecule has 3 nitrogen and oxygen atoms in total. The first-order valence-electron chi connectivity index (χ1n) is 7.83. The van der Waals surface area contributed by atoms with Gasteiger partial charge in [-0.3, -0.25) is 4.79 Å². The average molecular weight is 306 g/mol. The highest BCUT2D eigenvalue weighted by Crippen LogP contribution is 2.40. The Morgan fingerprint density at radius 2 is 2.10 bits per heavy atom. The van der Waals surface area contributed by atoms with Crippen LogP contribution in [0.2, 0.25) is 0 Å². The Labute approximate surface area is 130 Å². The molecule has 3 unspecified atom stereocenters. The van der Waals surface area contributed by atoms with Gasteiger partial charge in [0.25, 0.3) is 0 Å². The second-order valence-electron chi connectivity index (χ2n) is 6.51. The van der Waals surface area contributed by atoms with E-state index in [0.29, 0.717) is 38.7 Å². The predicted molar refractivity (Wildman–Crippen MR) is 91.5 cm³/mol. The minimum Gasteiger partial charge on any atom is -0.342 e. The SMILES string of the molecule is CPN(C)c1cc(C)cc(C2CC(=O)CCC2C(C)C)n1. The molecular weight excluding hydrogens is 279 g/mol. The normalized spacial score (nSPS) is 23.2. The fourth-order valence-corrected chi connectivity index (χ4v) is 3.64. The minimum atomic E-state index is 0.290. The van der Waals surface area contributed by atoms with Crippen LogP contribution in [0.15, 0.2) is 12.1 Å². The van der Waals surface area contributed by atoms with Crippen molar-refractivity contribution < 1.29 is 4.79 Å². The number of carbonyl (C=O) groups excluding carboxylic acids is 1. The quantitative estimate of drug-likeness (QED) is 0.783. The molecule has 1 aliphatic rings. The van der Waals surface area contributed by atoms with Gasteiger partial charge in [-0.05, 0) is 58.3 Å². The van der Waals surface area contributed by atoms with E-state index in [4.69, 9.17) is 4.98 Å². The molecule has 0 saturated heterocycles. The summed E-state index contributed by atoms with van der Waals surface area (Å²) in [5.74, 6) is 2.89. The molecule has 0 amide bonds. The molecule has 0 bridgehead atoms. The number of nitrogens with zero attached hydrogens (tertiary/aromatic N) is 2. The Morgan fingerprint density at radius 1 is 1.38 bits per heavy atom. The maximum atomic E-state index is 11.9. The monoisotopic (exact) mass is 306 g/mol. The van der Waals surface area contributed by atoms with Crippen LogP contribution < -0.4 is 4.67 Å². The molecule has 0 N–H and O–H groups in total. The van der Waals surface area contributed by atoms with E-state index in [0.717, 1.165) is 24.4 Å². The molecule has 1 aliphatic carbocycles. The van der Waals surface area contributed by atoms with Crippen molar-refractivity contribution in [3.63, 3.8) is 0 Å². The summed E-state index contributed by atoms with van der Waals surface area (Å²) in [5, 5.41) is 0. The number of hydrogen-bond donors (Lipinski definition) is 0. The molecule has 0 aliphatic heterocycles. The average Bonchev–Trinajstić information content (AvgIpc) is 2.45. The first-order valence-corrected chi connectivity index (χ1v) is 9.28. The van der Waals surface area contributed by atoms with Gasteiger partial charge in [-0.1, -0.05) is 13.8 Å². The van der Waals surface area contributed by atoms with Gasteiger partial charge in [-0.2, -0.15) is 0 Å². The molecule has 0 spiro atoms. The fourth-order valence-electron chi connectivity index (χ4n) is 3.30. The summed E-state index contributed by atoms with van der Waals surface area (Å²) < 4.78 is 2.19. The van der Waals surface area contributed by atoms with Gasteiger partial charge in [0.05, 0.1) is 0 Å². The van der Waals surface area contributed by atoms with Gasteiger partial charge >= 0.3 is 0 Å². The lowest BCUT2D eigenvalue weighted by atomic mass is 9.71. The predicted octanol–water partition coefficient (Wildman–Crippen LogP) is 4.16. The van der Waals surface area contributed by atoms with Gasteiger partial charge in [0.1, 0.15) is 11.6 Å². The number of aromatic nitrogens is 1. The number of ketones is 1. The number of hydrogen-bond acceptors (Lipinski definition) is 3. The van der Waals surface area contributed by atoms with Gasteiger partial charge < -0.3 is 4.67 Å². The van der Waals surface area contributed by atoms with E-state index in [1.54, 1.807) is 0 Å². The highest BCUT2D eigenvalue weighted by atomic mass is 31.1. The van der Waals surface area contributed by atoms with Crippen molar-refractivity contribution >= 4 is 20.3 Å². The van der Waals surface area contributed by atoms with Gasteiger partial charge in [0.2, 0.25) is 0 Å². The lowest BCUT2D eigenvalue weighted by molar-refractivity contribution is -0.121. The molecule has 0 radical (unpaired) electrons. The van der Waals surface area contributed by atoms with E-state index in [9.17, 15) is 4.79 Å². The molecule has 1 heterocycles. The highest BCUT2D eigenvalue weighted by Gasteiger charge is 2.33. The van der Waals surface area contributed by atoms with Crippen LogP contribution in [0.3, 0.4) is 0 Å². The standard InChI is InChI=1S/C17H27N2OP/c1-11(2)14-7-6-13(20)10-15(14)16-8-12(3)9-17(18-16)19(4)21-5/h8-9,11,14-15,21H,6-7,10H2,1-5H3. The Kier molecular flexibility index (Phi) is 5.37. The van der Waals surface area contributed by atoms with Gasteiger partial charge in [0.15, 0.2) is 0 Å². The van der Waals surface area contributed by atoms with Crippen molar-refractivity contribution in [1.82, 2.24) is 4.98 Å². The summed E-state index contributed by atoms with van der Waals surface area (Å²) in [4.78, 5) is 16.8. The summed E-state index contributed by atoms with van der Waals surface area (Å²) in [6.45, 7) is 8.81. The Hall–Kier alpha value is -0.950. The van der Waals surface area contributed by atoms with E-state index in [1.165, 1.54) is 5.56 Å². The smallest absolute Gasteiger partial charge is 0.133 e. The zero-order valence-electron chi connectivity index (χ0n) is 13.8. The molecule has 1 saturated carbocycles. The molecule has 1 aromatic heterocycles. The van der Waals surface area contributed by atoms with Crippen LogP contribution in [-0.2, 0) is 4.79 Å². The second kappa shape index (κ2) is 6.87. The van der Waals surface area contributed by atoms with Crippen LogP contribution >= 0.6 is 8.73 Å². The van der Waals surface area contributed by atoms with Crippen LogP contribution in [0.4, 0.5) is 5.82 Å². The largest absolute Gasteiger partial charge is 0.342 e. The van der Waals surface area contributed by atoms with Crippen LogP contribution in [0.25, 0.3) is 0 Å². The third kappa shape index (κ3) is 3.83. The first-order chi connectivity index (χ1) is 9.92. The number of Topliss-reactive ketones (excluding diaryl/α,β-unsaturated/α-hetero) is 1. The highest BCUT2D eigenvalue weighted by molar-refractivity contribution is 7.39. The maximum Gasteiger partial charge on any atom is 0.133 e. The third-order valence-corrected chi connectivity index (χ3v) is 5.51. The molecule has 4 heteroatoms. The molecule has 0 aromatic carbocycles. The number of aryl methyl sites for hydroxylation is 1. The summed E-state index contributed by atoms with van der Waals surface area (Å²) in [6.07, 6.45) is 2.42. The Morgan fingerprint density at radius 3 is 2.71 bits per heavy atom. The number of carbonyl (C=O) groups is 1. The summed E-state index contributed by atoms with van der Waals surface area (Å²) >= 11 is 0. The van der Waals surface area contributed by atoms with Crippen LogP contribution in [0.5, 0.6) is 0 Å².